The average Bonchev–Trinajstić information content (AvgIpc) is 2.67. The third kappa shape index (κ3) is 11.4. The number of aromatic nitrogens is 1. The van der Waals surface area contributed by atoms with Crippen LogP contribution >= 0.6 is 24.0 Å². The van der Waals surface area contributed by atoms with Gasteiger partial charge in [-0.3, -0.25) is 0 Å². The summed E-state index contributed by atoms with van der Waals surface area (Å²) in [6.07, 6.45) is 5.22. The standard InChI is InChI=1S/C20H37N5O.HI/c1-5-9-14-26-15-10-13-22-20(21-6-2)24-17-18-11-12-19(23-16-18)25(7-3)8-4;/h11-12,16H,5-10,13-15,17H2,1-4H3,(H2,21,22,24);1H. The third-order valence-electron chi connectivity index (χ3n) is 4.06. The van der Waals surface area contributed by atoms with Crippen molar-refractivity contribution in [2.75, 3.05) is 44.3 Å². The Morgan fingerprint density at radius 1 is 1.07 bits per heavy atom. The van der Waals surface area contributed by atoms with E-state index in [2.05, 4.69) is 65.3 Å². The van der Waals surface area contributed by atoms with Crippen LogP contribution in [0, 0.1) is 0 Å². The molecule has 156 valence electrons. The van der Waals surface area contributed by atoms with Crippen LogP contribution in [0.4, 0.5) is 5.82 Å². The van der Waals surface area contributed by atoms with E-state index in [1.807, 2.05) is 6.20 Å². The van der Waals surface area contributed by atoms with Crippen molar-refractivity contribution in [2.24, 2.45) is 4.99 Å². The molecule has 1 rings (SSSR count). The normalized spacial score (nSPS) is 11.0. The highest BCUT2D eigenvalue weighted by molar-refractivity contribution is 14.0. The van der Waals surface area contributed by atoms with Gasteiger partial charge in [0.15, 0.2) is 5.96 Å². The highest BCUT2D eigenvalue weighted by Crippen LogP contribution is 2.11. The lowest BCUT2D eigenvalue weighted by molar-refractivity contribution is 0.129. The van der Waals surface area contributed by atoms with Gasteiger partial charge in [-0.25, -0.2) is 9.98 Å². The molecule has 0 bridgehead atoms. The summed E-state index contributed by atoms with van der Waals surface area (Å²) in [6, 6.07) is 4.18. The number of hydrogen-bond donors (Lipinski definition) is 2. The zero-order valence-electron chi connectivity index (χ0n) is 17.5. The largest absolute Gasteiger partial charge is 0.381 e. The summed E-state index contributed by atoms with van der Waals surface area (Å²) in [4.78, 5) is 11.4. The third-order valence-corrected chi connectivity index (χ3v) is 4.06. The van der Waals surface area contributed by atoms with E-state index < -0.39 is 0 Å². The van der Waals surface area contributed by atoms with Crippen molar-refractivity contribution in [3.63, 3.8) is 0 Å². The number of hydrogen-bond acceptors (Lipinski definition) is 4. The van der Waals surface area contributed by atoms with E-state index in [0.717, 1.165) is 69.6 Å². The minimum Gasteiger partial charge on any atom is -0.381 e. The summed E-state index contributed by atoms with van der Waals surface area (Å²) >= 11 is 0. The van der Waals surface area contributed by atoms with E-state index in [-0.39, 0.29) is 24.0 Å². The van der Waals surface area contributed by atoms with Gasteiger partial charge in [-0.15, -0.1) is 24.0 Å². The van der Waals surface area contributed by atoms with Gasteiger partial charge in [-0.1, -0.05) is 19.4 Å². The molecule has 1 aromatic rings. The van der Waals surface area contributed by atoms with Crippen molar-refractivity contribution in [1.29, 1.82) is 0 Å². The first-order chi connectivity index (χ1) is 12.7. The zero-order valence-corrected chi connectivity index (χ0v) is 19.8. The molecule has 0 unspecified atom stereocenters. The summed E-state index contributed by atoms with van der Waals surface area (Å²) in [5.74, 6) is 1.87. The van der Waals surface area contributed by atoms with Gasteiger partial charge in [0.05, 0.1) is 6.54 Å². The van der Waals surface area contributed by atoms with Crippen molar-refractivity contribution in [2.45, 2.75) is 53.5 Å². The molecule has 0 amide bonds. The fourth-order valence-electron chi connectivity index (χ4n) is 2.49. The maximum atomic E-state index is 5.58. The second-order valence-electron chi connectivity index (χ2n) is 6.14. The minimum absolute atomic E-state index is 0. The smallest absolute Gasteiger partial charge is 0.191 e. The summed E-state index contributed by atoms with van der Waals surface area (Å²) in [5, 5.41) is 6.64. The maximum Gasteiger partial charge on any atom is 0.191 e. The molecule has 6 nitrogen and oxygen atoms in total. The molecular weight excluding hydrogens is 453 g/mol. The van der Waals surface area contributed by atoms with Gasteiger partial charge in [0.1, 0.15) is 5.82 Å². The molecule has 0 fully saturated rings. The highest BCUT2D eigenvalue weighted by Gasteiger charge is 2.03. The zero-order chi connectivity index (χ0) is 19.0. The molecule has 1 aromatic heterocycles. The van der Waals surface area contributed by atoms with Crippen LogP contribution in [0.25, 0.3) is 0 Å². The topological polar surface area (TPSA) is 61.8 Å². The van der Waals surface area contributed by atoms with Crippen LogP contribution in [0.15, 0.2) is 23.3 Å². The average molecular weight is 491 g/mol. The molecule has 0 aromatic carbocycles. The lowest BCUT2D eigenvalue weighted by Gasteiger charge is -2.19. The fourth-order valence-corrected chi connectivity index (χ4v) is 2.49. The maximum absolute atomic E-state index is 5.58. The van der Waals surface area contributed by atoms with Crippen LogP contribution in [0.5, 0.6) is 0 Å². The number of nitrogens with one attached hydrogen (secondary N) is 2. The number of halogens is 1. The van der Waals surface area contributed by atoms with E-state index in [4.69, 9.17) is 4.74 Å². The molecule has 0 saturated heterocycles. The fraction of sp³-hybridized carbons (Fsp3) is 0.700. The Labute approximate surface area is 182 Å². The van der Waals surface area contributed by atoms with Gasteiger partial charge in [0, 0.05) is 45.6 Å². The number of unbranched alkanes of at least 4 members (excludes halogenated alkanes) is 1. The monoisotopic (exact) mass is 491 g/mol. The number of ether oxygens (including phenoxy) is 1. The summed E-state index contributed by atoms with van der Waals surface area (Å²) in [5.41, 5.74) is 1.11. The molecule has 0 aliphatic carbocycles. The van der Waals surface area contributed by atoms with Crippen molar-refractivity contribution in [1.82, 2.24) is 15.6 Å². The van der Waals surface area contributed by atoms with Crippen LogP contribution in [0.1, 0.15) is 52.5 Å². The molecule has 7 heteroatoms. The summed E-state index contributed by atoms with van der Waals surface area (Å²) in [7, 11) is 0. The number of aliphatic imine (C=N–C) groups is 1. The first kappa shape index (κ1) is 25.9. The van der Waals surface area contributed by atoms with Crippen molar-refractivity contribution >= 4 is 35.8 Å². The predicted octanol–water partition coefficient (Wildman–Crippen LogP) is 3.81. The van der Waals surface area contributed by atoms with E-state index in [9.17, 15) is 0 Å². The second kappa shape index (κ2) is 17.0. The van der Waals surface area contributed by atoms with Crippen molar-refractivity contribution < 1.29 is 4.74 Å². The van der Waals surface area contributed by atoms with Crippen LogP contribution in [0.2, 0.25) is 0 Å². The Balaban J connectivity index is 0.00000676. The van der Waals surface area contributed by atoms with Gasteiger partial charge in [0.25, 0.3) is 0 Å². The highest BCUT2D eigenvalue weighted by atomic mass is 127. The quantitative estimate of drug-likeness (QED) is 0.190. The molecule has 1 heterocycles. The SMILES string of the molecule is CCCCOCCCNC(=NCc1ccc(N(CC)CC)nc1)NCC.I. The van der Waals surface area contributed by atoms with Gasteiger partial charge in [0.2, 0.25) is 0 Å². The Bertz CT molecular complexity index is 492. The first-order valence-corrected chi connectivity index (χ1v) is 10.0. The minimum atomic E-state index is 0. The van der Waals surface area contributed by atoms with Crippen LogP contribution in [-0.2, 0) is 11.3 Å². The van der Waals surface area contributed by atoms with Gasteiger partial charge >= 0.3 is 0 Å². The van der Waals surface area contributed by atoms with E-state index in [0.29, 0.717) is 6.54 Å². The van der Waals surface area contributed by atoms with Crippen LogP contribution < -0.4 is 15.5 Å². The van der Waals surface area contributed by atoms with Crippen LogP contribution in [0.3, 0.4) is 0 Å². The molecule has 0 aliphatic rings. The Hall–Kier alpha value is -1.09. The van der Waals surface area contributed by atoms with Crippen molar-refractivity contribution in [3.05, 3.63) is 23.9 Å². The molecule has 27 heavy (non-hydrogen) atoms. The number of pyridine rings is 1. The number of nitrogens with zero attached hydrogens (tertiary/aromatic N) is 3. The second-order valence-corrected chi connectivity index (χ2v) is 6.14. The lowest BCUT2D eigenvalue weighted by atomic mass is 10.3. The van der Waals surface area contributed by atoms with E-state index in [1.54, 1.807) is 0 Å². The molecular formula is C20H38IN5O. The Morgan fingerprint density at radius 3 is 2.41 bits per heavy atom. The number of guanidine groups is 1. The molecule has 0 spiro atoms. The number of anilines is 1. The lowest BCUT2D eigenvalue weighted by Crippen LogP contribution is -2.38. The van der Waals surface area contributed by atoms with Crippen LogP contribution in [-0.4, -0.2) is 50.3 Å². The Morgan fingerprint density at radius 2 is 1.81 bits per heavy atom. The van der Waals surface area contributed by atoms with E-state index in [1.165, 1.54) is 6.42 Å². The van der Waals surface area contributed by atoms with Gasteiger partial charge in [-0.05, 0) is 45.2 Å². The predicted molar refractivity (Wildman–Crippen MR) is 126 cm³/mol. The molecule has 0 radical (unpaired) electrons. The molecule has 2 N–H and O–H groups in total. The molecule has 0 aliphatic heterocycles. The first-order valence-electron chi connectivity index (χ1n) is 10.0. The Kier molecular flexibility index (Phi) is 16.4. The van der Waals surface area contributed by atoms with Gasteiger partial charge < -0.3 is 20.3 Å². The van der Waals surface area contributed by atoms with Gasteiger partial charge in [-0.2, -0.15) is 0 Å². The molecule has 0 saturated carbocycles. The van der Waals surface area contributed by atoms with E-state index >= 15 is 0 Å². The summed E-state index contributed by atoms with van der Waals surface area (Å²) < 4.78 is 5.58. The van der Waals surface area contributed by atoms with Crippen molar-refractivity contribution in [3.8, 4) is 0 Å². The molecule has 0 atom stereocenters. The summed E-state index contributed by atoms with van der Waals surface area (Å²) in [6.45, 7) is 14.5. The number of rotatable bonds is 13.